The van der Waals surface area contributed by atoms with Crippen molar-refractivity contribution >= 4 is 88.4 Å². The zero-order valence-electron chi connectivity index (χ0n) is 55.2. The van der Waals surface area contributed by atoms with Gasteiger partial charge in [0.05, 0.1) is 33.3 Å². The Morgan fingerprint density at radius 2 is 0.694 bits per heavy atom. The van der Waals surface area contributed by atoms with Gasteiger partial charge in [-0.3, -0.25) is 0 Å². The number of anilines is 3. The second kappa shape index (κ2) is 21.3. The van der Waals surface area contributed by atoms with Gasteiger partial charge >= 0.3 is 0 Å². The molecular weight excluding hydrogens is 1190 g/mol. The molecule has 0 radical (unpaired) electrons. The molecule has 3 aliphatic carbocycles. The number of aromatic nitrogens is 3. The second-order valence-corrected chi connectivity index (χ2v) is 28.3. The van der Waals surface area contributed by atoms with Crippen LogP contribution in [-0.4, -0.2) is 13.7 Å². The summed E-state index contributed by atoms with van der Waals surface area (Å²) in [6.07, 6.45) is 6.77. The van der Waals surface area contributed by atoms with E-state index in [9.17, 15) is 0 Å². The Balaban J connectivity index is 0.718. The number of allylic oxidation sites excluding steroid dienone is 1. The lowest BCUT2D eigenvalue weighted by Crippen LogP contribution is -2.18. The molecule has 0 aliphatic heterocycles. The van der Waals surface area contributed by atoms with Gasteiger partial charge in [0.1, 0.15) is 0 Å². The maximum absolute atomic E-state index is 2.56. The fourth-order valence-electron chi connectivity index (χ4n) is 17.5. The molecule has 98 heavy (non-hydrogen) atoms. The minimum absolute atomic E-state index is 0.305. The molecule has 0 saturated heterocycles. The predicted molar refractivity (Wildman–Crippen MR) is 413 cm³/mol. The third kappa shape index (κ3) is 8.31. The first-order valence-electron chi connectivity index (χ1n) is 34.6. The molecule has 17 aromatic rings. The maximum atomic E-state index is 2.56. The molecule has 20 rings (SSSR count). The number of nitrogens with zero attached hydrogens (tertiary/aromatic N) is 4. The molecule has 4 nitrogen and oxygen atoms in total. The highest BCUT2D eigenvalue weighted by Crippen LogP contribution is 2.56. The van der Waals surface area contributed by atoms with Crippen LogP contribution in [0.15, 0.2) is 309 Å². The molecular formula is C94H68N4. The largest absolute Gasteiger partial charge is 0.313 e. The summed E-state index contributed by atoms with van der Waals surface area (Å²) in [6.45, 7) is 9.72. The summed E-state index contributed by atoms with van der Waals surface area (Å²) in [5.74, 6) is 0. The SMILES string of the molecule is CC1(C)c2cc(-c3ccc4c(c3)c3c(n4-c4ccccc4)CCC=C3)ccc2-c2ccc(N(c3ccc4c(c3)C(C)(C)c3cc(-c5ccc6c(c5)c5ccccc5n6-c5ccccc5)ccc3-4)c3ccc(-c4ccc5c6ccccc6n(-c6ccccc6)c5c4)c4ccccc34)cc21. The van der Waals surface area contributed by atoms with E-state index >= 15 is 0 Å². The molecule has 0 saturated carbocycles. The van der Waals surface area contributed by atoms with E-state index in [2.05, 4.69) is 362 Å². The maximum Gasteiger partial charge on any atom is 0.0547 e. The van der Waals surface area contributed by atoms with Gasteiger partial charge in [-0.15, -0.1) is 0 Å². The normalized spacial score (nSPS) is 14.0. The Labute approximate surface area is 570 Å². The highest BCUT2D eigenvalue weighted by Gasteiger charge is 2.39. The smallest absolute Gasteiger partial charge is 0.0547 e. The molecule has 0 unspecified atom stereocenters. The van der Waals surface area contributed by atoms with Crippen molar-refractivity contribution in [2.24, 2.45) is 0 Å². The van der Waals surface area contributed by atoms with Crippen molar-refractivity contribution < 1.29 is 0 Å². The second-order valence-electron chi connectivity index (χ2n) is 28.3. The van der Waals surface area contributed by atoms with Crippen LogP contribution in [0.1, 0.15) is 67.6 Å². The van der Waals surface area contributed by atoms with Crippen LogP contribution in [0.4, 0.5) is 17.1 Å². The molecule has 0 fully saturated rings. The Kier molecular flexibility index (Phi) is 12.2. The average Bonchev–Trinajstić information content (AvgIpc) is 1.54. The summed E-state index contributed by atoms with van der Waals surface area (Å²) < 4.78 is 7.31. The van der Waals surface area contributed by atoms with Crippen molar-refractivity contribution in [2.75, 3.05) is 4.90 Å². The fourth-order valence-corrected chi connectivity index (χ4v) is 17.5. The lowest BCUT2D eigenvalue weighted by molar-refractivity contribution is 0.660. The van der Waals surface area contributed by atoms with Gasteiger partial charge in [0, 0.05) is 82.8 Å². The van der Waals surface area contributed by atoms with Gasteiger partial charge < -0.3 is 18.6 Å². The van der Waals surface area contributed by atoms with Crippen molar-refractivity contribution in [3.05, 3.63) is 343 Å². The molecule has 464 valence electrons. The van der Waals surface area contributed by atoms with Gasteiger partial charge in [-0.25, -0.2) is 0 Å². The van der Waals surface area contributed by atoms with Gasteiger partial charge in [0.15, 0.2) is 0 Å². The highest BCUT2D eigenvalue weighted by molar-refractivity contribution is 6.13. The molecule has 0 atom stereocenters. The molecule has 0 bridgehead atoms. The number of benzene rings is 14. The van der Waals surface area contributed by atoms with Gasteiger partial charge in [0.2, 0.25) is 0 Å². The van der Waals surface area contributed by atoms with E-state index in [1.54, 1.807) is 0 Å². The first kappa shape index (κ1) is 56.4. The lowest BCUT2D eigenvalue weighted by Gasteiger charge is -2.31. The molecule has 3 heterocycles. The van der Waals surface area contributed by atoms with Crippen LogP contribution in [-0.2, 0) is 17.3 Å². The van der Waals surface area contributed by atoms with Crippen LogP contribution in [0.2, 0.25) is 0 Å². The van der Waals surface area contributed by atoms with Crippen molar-refractivity contribution in [1.29, 1.82) is 0 Å². The number of fused-ring (bicyclic) bond motifs is 16. The van der Waals surface area contributed by atoms with Crippen LogP contribution in [0.25, 0.3) is 144 Å². The van der Waals surface area contributed by atoms with Crippen LogP contribution in [0.3, 0.4) is 0 Å². The molecule has 0 spiro atoms. The number of para-hydroxylation sites is 5. The standard InChI is InChI=1S/C94H68N4/c1-93(2)82-54-61(59-39-49-90-80(52-59)77-31-17-20-34-87(77)96(90)64-22-8-5-9-23-64)36-43-71(82)73-46-41-67(57-84(73)93)95(89-51-48-69(70-28-14-15-29-75(70)89)63-38-45-79-76-30-16-19-33-86(76)98(92(79)56-63)66-26-12-7-13-27-66)68-42-47-74-72-44-37-62(55-83(72)94(3,4)85(74)58-68)60-40-50-91-81(53-60)78-32-18-21-35-88(78)97(91)65-24-10-6-11-25-65/h5-20,22-34,36-58H,21,35H2,1-4H3. The zero-order valence-corrected chi connectivity index (χ0v) is 55.2. The van der Waals surface area contributed by atoms with Crippen LogP contribution in [0, 0.1) is 0 Å². The Morgan fingerprint density at radius 3 is 1.28 bits per heavy atom. The lowest BCUT2D eigenvalue weighted by atomic mass is 9.81. The fraction of sp³-hybridized carbons (Fsp3) is 0.0851. The van der Waals surface area contributed by atoms with E-state index in [4.69, 9.17) is 0 Å². The van der Waals surface area contributed by atoms with E-state index in [0.717, 1.165) is 35.6 Å². The van der Waals surface area contributed by atoms with Gasteiger partial charge in [-0.05, 0) is 217 Å². The predicted octanol–water partition coefficient (Wildman–Crippen LogP) is 25.0. The summed E-state index contributed by atoms with van der Waals surface area (Å²) in [6, 6.07) is 114. The minimum Gasteiger partial charge on any atom is -0.313 e. The Morgan fingerprint density at radius 1 is 0.286 bits per heavy atom. The average molecular weight is 1250 g/mol. The van der Waals surface area contributed by atoms with E-state index in [1.807, 2.05) is 0 Å². The first-order chi connectivity index (χ1) is 48.1. The highest BCUT2D eigenvalue weighted by atomic mass is 15.1. The molecule has 3 aromatic heterocycles. The van der Waals surface area contributed by atoms with E-state index in [1.165, 1.54) is 166 Å². The summed E-state index contributed by atoms with van der Waals surface area (Å²) in [4.78, 5) is 2.56. The van der Waals surface area contributed by atoms with Crippen LogP contribution >= 0.6 is 0 Å². The quantitative estimate of drug-likeness (QED) is 0.141. The van der Waals surface area contributed by atoms with Crippen molar-refractivity contribution in [3.63, 3.8) is 0 Å². The van der Waals surface area contributed by atoms with Gasteiger partial charge in [0.25, 0.3) is 0 Å². The zero-order chi connectivity index (χ0) is 65.1. The molecule has 0 amide bonds. The topological polar surface area (TPSA) is 18.0 Å². The Bertz CT molecular complexity index is 6230. The van der Waals surface area contributed by atoms with Crippen molar-refractivity contribution in [2.45, 2.75) is 51.4 Å². The van der Waals surface area contributed by atoms with Crippen molar-refractivity contribution in [3.8, 4) is 72.7 Å². The monoisotopic (exact) mass is 1250 g/mol. The van der Waals surface area contributed by atoms with E-state index in [-0.39, 0.29) is 10.8 Å². The summed E-state index contributed by atoms with van der Waals surface area (Å²) in [7, 11) is 0. The first-order valence-corrected chi connectivity index (χ1v) is 34.6. The summed E-state index contributed by atoms with van der Waals surface area (Å²) in [5.41, 5.74) is 32.9. The molecule has 0 N–H and O–H groups in total. The van der Waals surface area contributed by atoms with Gasteiger partial charge in [-0.1, -0.05) is 222 Å². The summed E-state index contributed by atoms with van der Waals surface area (Å²) >= 11 is 0. The molecule has 3 aliphatic rings. The number of rotatable bonds is 9. The van der Waals surface area contributed by atoms with Crippen LogP contribution in [0.5, 0.6) is 0 Å². The van der Waals surface area contributed by atoms with Gasteiger partial charge in [-0.2, -0.15) is 0 Å². The Hall–Kier alpha value is -12.0. The van der Waals surface area contributed by atoms with E-state index in [0.29, 0.717) is 0 Å². The third-order valence-electron chi connectivity index (χ3n) is 22.3. The number of hydrogen-bond donors (Lipinski definition) is 0. The minimum atomic E-state index is -0.311. The van der Waals surface area contributed by atoms with Crippen LogP contribution < -0.4 is 4.90 Å². The molecule has 14 aromatic carbocycles. The van der Waals surface area contributed by atoms with Crippen molar-refractivity contribution in [1.82, 2.24) is 13.7 Å². The molecule has 4 heteroatoms. The van der Waals surface area contributed by atoms with E-state index < -0.39 is 0 Å². The number of hydrogen-bond acceptors (Lipinski definition) is 1. The third-order valence-corrected chi connectivity index (χ3v) is 22.3. The summed E-state index contributed by atoms with van der Waals surface area (Å²) in [5, 5.41) is 8.70.